The molecule has 136 valence electrons. The van der Waals surface area contributed by atoms with Crippen molar-refractivity contribution in [2.75, 3.05) is 11.9 Å². The van der Waals surface area contributed by atoms with Gasteiger partial charge >= 0.3 is 6.03 Å². The maximum atomic E-state index is 12.3. The van der Waals surface area contributed by atoms with Gasteiger partial charge in [-0.3, -0.25) is 4.68 Å². The lowest BCUT2D eigenvalue weighted by Gasteiger charge is -2.15. The number of benzene rings is 1. The molecule has 0 spiro atoms. The quantitative estimate of drug-likeness (QED) is 0.715. The highest BCUT2D eigenvalue weighted by atomic mass is 16.2. The van der Waals surface area contributed by atoms with Crippen LogP contribution in [0.4, 0.5) is 10.5 Å². The lowest BCUT2D eigenvalue weighted by molar-refractivity contribution is 0.249. The number of amides is 2. The Morgan fingerprint density at radius 3 is 2.73 bits per heavy atom. The second-order valence-corrected chi connectivity index (χ2v) is 6.52. The van der Waals surface area contributed by atoms with Gasteiger partial charge in [0.15, 0.2) is 0 Å². The Morgan fingerprint density at radius 1 is 1.23 bits per heavy atom. The van der Waals surface area contributed by atoms with Gasteiger partial charge in [0.25, 0.3) is 0 Å². The van der Waals surface area contributed by atoms with Gasteiger partial charge in [0.1, 0.15) is 0 Å². The molecule has 3 rings (SSSR count). The molecule has 0 aliphatic carbocycles. The van der Waals surface area contributed by atoms with Crippen LogP contribution in [0.1, 0.15) is 18.3 Å². The molecule has 2 amide bonds. The Hall–Kier alpha value is -3.09. The van der Waals surface area contributed by atoms with Crippen LogP contribution in [-0.2, 0) is 6.54 Å². The minimum Gasteiger partial charge on any atom is -0.338 e. The Bertz CT molecular complexity index is 868. The van der Waals surface area contributed by atoms with Gasteiger partial charge in [-0.2, -0.15) is 10.2 Å². The Balaban J connectivity index is 1.56. The van der Waals surface area contributed by atoms with Crippen molar-refractivity contribution in [3.05, 3.63) is 60.2 Å². The predicted octanol–water partition coefficient (Wildman–Crippen LogP) is 3.14. The van der Waals surface area contributed by atoms with Gasteiger partial charge in [-0.15, -0.1) is 0 Å². The Morgan fingerprint density at radius 2 is 2.04 bits per heavy atom. The van der Waals surface area contributed by atoms with Gasteiger partial charge in [-0.1, -0.05) is 19.1 Å². The summed E-state index contributed by atoms with van der Waals surface area (Å²) in [4.78, 5) is 12.3. The molecule has 26 heavy (non-hydrogen) atoms. The van der Waals surface area contributed by atoms with Crippen LogP contribution in [-0.4, -0.2) is 32.1 Å². The van der Waals surface area contributed by atoms with Gasteiger partial charge in [0, 0.05) is 31.2 Å². The molecule has 0 bridgehead atoms. The number of aromatic nitrogens is 4. The molecular weight excluding hydrogens is 328 g/mol. The molecule has 2 N–H and O–H groups in total. The number of hydrogen-bond acceptors (Lipinski definition) is 3. The Labute approximate surface area is 153 Å². The van der Waals surface area contributed by atoms with E-state index in [9.17, 15) is 4.79 Å². The maximum Gasteiger partial charge on any atom is 0.319 e. The monoisotopic (exact) mass is 352 g/mol. The van der Waals surface area contributed by atoms with Crippen LogP contribution in [0.15, 0.2) is 48.8 Å². The van der Waals surface area contributed by atoms with E-state index in [0.29, 0.717) is 12.2 Å². The van der Waals surface area contributed by atoms with Crippen LogP contribution in [0.2, 0.25) is 0 Å². The number of carbonyl (C=O) groups is 1. The molecular formula is C19H24N6O. The molecule has 2 heterocycles. The van der Waals surface area contributed by atoms with Crippen molar-refractivity contribution in [1.29, 1.82) is 0 Å². The smallest absolute Gasteiger partial charge is 0.319 e. The van der Waals surface area contributed by atoms with E-state index in [1.54, 1.807) is 10.9 Å². The molecule has 1 atom stereocenters. The van der Waals surface area contributed by atoms with E-state index in [4.69, 9.17) is 0 Å². The van der Waals surface area contributed by atoms with Crippen molar-refractivity contribution >= 4 is 11.7 Å². The van der Waals surface area contributed by atoms with E-state index >= 15 is 0 Å². The summed E-state index contributed by atoms with van der Waals surface area (Å²) in [7, 11) is 0. The van der Waals surface area contributed by atoms with Gasteiger partial charge < -0.3 is 10.6 Å². The third kappa shape index (κ3) is 4.30. The minimum absolute atomic E-state index is 0.232. The summed E-state index contributed by atoms with van der Waals surface area (Å²) < 4.78 is 3.70. The predicted molar refractivity (Wildman–Crippen MR) is 101 cm³/mol. The van der Waals surface area contributed by atoms with E-state index in [1.807, 2.05) is 55.1 Å². The first-order valence-corrected chi connectivity index (χ1v) is 8.68. The van der Waals surface area contributed by atoms with Crippen LogP contribution in [0.3, 0.4) is 0 Å². The summed E-state index contributed by atoms with van der Waals surface area (Å²) in [5.74, 6) is 0.264. The molecule has 2 aromatic heterocycles. The third-order valence-electron chi connectivity index (χ3n) is 4.10. The summed E-state index contributed by atoms with van der Waals surface area (Å²) >= 11 is 0. The van der Waals surface area contributed by atoms with Crippen LogP contribution in [0, 0.1) is 19.8 Å². The van der Waals surface area contributed by atoms with Crippen molar-refractivity contribution in [2.24, 2.45) is 5.92 Å². The number of carbonyl (C=O) groups excluding carboxylic acids is 1. The van der Waals surface area contributed by atoms with Crippen molar-refractivity contribution in [1.82, 2.24) is 24.9 Å². The number of para-hydroxylation sites is 2. The molecule has 0 radical (unpaired) electrons. The SMILES string of the molecule is Cc1cc(C)n(CC(C)CNC(=O)Nc2ccccc2-n2cccn2)n1. The molecule has 7 heteroatoms. The average Bonchev–Trinajstić information content (AvgIpc) is 3.24. The Kier molecular flexibility index (Phi) is 5.36. The summed E-state index contributed by atoms with van der Waals surface area (Å²) in [5.41, 5.74) is 3.67. The maximum absolute atomic E-state index is 12.3. The fraction of sp³-hybridized carbons (Fsp3) is 0.316. The number of nitrogens with one attached hydrogen (secondary N) is 2. The highest BCUT2D eigenvalue weighted by Crippen LogP contribution is 2.18. The number of urea groups is 1. The fourth-order valence-electron chi connectivity index (χ4n) is 2.84. The van der Waals surface area contributed by atoms with E-state index in [0.717, 1.165) is 23.6 Å². The van der Waals surface area contributed by atoms with E-state index in [1.165, 1.54) is 0 Å². The standard InChI is InChI=1S/C19H24N6O/c1-14(13-25-16(3)11-15(2)23-25)12-20-19(26)22-17-7-4-5-8-18(17)24-10-6-9-21-24/h4-11,14H,12-13H2,1-3H3,(H2,20,22,26). The van der Waals surface area contributed by atoms with Crippen molar-refractivity contribution in [3.63, 3.8) is 0 Å². The van der Waals surface area contributed by atoms with Crippen LogP contribution >= 0.6 is 0 Å². The van der Waals surface area contributed by atoms with Crippen LogP contribution < -0.4 is 10.6 Å². The number of anilines is 1. The summed E-state index contributed by atoms with van der Waals surface area (Å²) in [6.07, 6.45) is 3.55. The molecule has 1 aromatic carbocycles. The first kappa shape index (κ1) is 17.7. The average molecular weight is 352 g/mol. The first-order valence-electron chi connectivity index (χ1n) is 8.68. The van der Waals surface area contributed by atoms with Crippen molar-refractivity contribution in [2.45, 2.75) is 27.3 Å². The fourth-order valence-corrected chi connectivity index (χ4v) is 2.84. The van der Waals surface area contributed by atoms with E-state index in [-0.39, 0.29) is 11.9 Å². The topological polar surface area (TPSA) is 76.8 Å². The second-order valence-electron chi connectivity index (χ2n) is 6.52. The zero-order valence-electron chi connectivity index (χ0n) is 15.3. The van der Waals surface area contributed by atoms with Gasteiger partial charge in [-0.25, -0.2) is 9.48 Å². The van der Waals surface area contributed by atoms with E-state index in [2.05, 4.69) is 33.8 Å². The second kappa shape index (κ2) is 7.86. The number of rotatable bonds is 6. The molecule has 7 nitrogen and oxygen atoms in total. The third-order valence-corrected chi connectivity index (χ3v) is 4.10. The number of hydrogen-bond donors (Lipinski definition) is 2. The molecule has 0 fully saturated rings. The number of nitrogens with zero attached hydrogens (tertiary/aromatic N) is 4. The van der Waals surface area contributed by atoms with Crippen LogP contribution in [0.25, 0.3) is 5.69 Å². The molecule has 0 saturated carbocycles. The highest BCUT2D eigenvalue weighted by Gasteiger charge is 2.11. The van der Waals surface area contributed by atoms with Gasteiger partial charge in [0.05, 0.1) is 17.1 Å². The first-order chi connectivity index (χ1) is 12.5. The summed E-state index contributed by atoms with van der Waals surface area (Å²) in [6.45, 7) is 7.45. The van der Waals surface area contributed by atoms with Crippen molar-refractivity contribution in [3.8, 4) is 5.69 Å². The number of aryl methyl sites for hydroxylation is 2. The zero-order valence-corrected chi connectivity index (χ0v) is 15.3. The molecule has 0 aliphatic rings. The largest absolute Gasteiger partial charge is 0.338 e. The lowest BCUT2D eigenvalue weighted by Crippen LogP contribution is -2.34. The molecule has 3 aromatic rings. The molecule has 1 unspecified atom stereocenters. The normalized spacial score (nSPS) is 12.0. The summed E-state index contributed by atoms with van der Waals surface area (Å²) in [6, 6.07) is 11.2. The molecule has 0 saturated heterocycles. The molecule has 0 aliphatic heterocycles. The lowest BCUT2D eigenvalue weighted by atomic mass is 10.2. The highest BCUT2D eigenvalue weighted by molar-refractivity contribution is 5.91. The zero-order chi connectivity index (χ0) is 18.5. The van der Waals surface area contributed by atoms with Gasteiger partial charge in [-0.05, 0) is 44.0 Å². The minimum atomic E-state index is -0.232. The summed E-state index contributed by atoms with van der Waals surface area (Å²) in [5, 5.41) is 14.5. The van der Waals surface area contributed by atoms with Gasteiger partial charge in [0.2, 0.25) is 0 Å². The van der Waals surface area contributed by atoms with Crippen LogP contribution in [0.5, 0.6) is 0 Å². The van der Waals surface area contributed by atoms with Crippen molar-refractivity contribution < 1.29 is 4.79 Å². The van der Waals surface area contributed by atoms with E-state index < -0.39 is 0 Å².